The summed E-state index contributed by atoms with van der Waals surface area (Å²) in [6.07, 6.45) is 1.12. The number of thiazole rings is 1. The smallest absolute Gasteiger partial charge is 0.280 e. The lowest BCUT2D eigenvalue weighted by atomic mass is 10.2. The maximum atomic E-state index is 12.8. The van der Waals surface area contributed by atoms with Crippen molar-refractivity contribution >= 4 is 48.1 Å². The van der Waals surface area contributed by atoms with Crippen LogP contribution in [0.25, 0.3) is 10.2 Å². The summed E-state index contributed by atoms with van der Waals surface area (Å²) in [5, 5.41) is 17.5. The van der Waals surface area contributed by atoms with Gasteiger partial charge in [0.05, 0.1) is 25.6 Å². The summed E-state index contributed by atoms with van der Waals surface area (Å²) in [5.74, 6) is 0.182. The Morgan fingerprint density at radius 2 is 1.97 bits per heavy atom. The van der Waals surface area contributed by atoms with Gasteiger partial charge >= 0.3 is 0 Å². The standard InChI is InChI=1S/C20H16N4O7S2/c1-11-15(10-30-13-5-3-12(4-6-13)24(26)27)18(23-31-11)19(25)22-20-21-16-8-7-14(33(2,28)29)9-17(16)32-20/h3-9H,10H2,1-2H3,(H,21,22,25). The third kappa shape index (κ3) is 4.83. The zero-order chi connectivity index (χ0) is 23.8. The van der Waals surface area contributed by atoms with Gasteiger partial charge in [-0.05, 0) is 37.3 Å². The highest BCUT2D eigenvalue weighted by atomic mass is 32.2. The van der Waals surface area contributed by atoms with E-state index in [1.165, 1.54) is 36.4 Å². The number of nitrogens with zero attached hydrogens (tertiary/aromatic N) is 3. The summed E-state index contributed by atoms with van der Waals surface area (Å²) in [7, 11) is -3.37. The predicted octanol–water partition coefficient (Wildman–Crippen LogP) is 3.74. The monoisotopic (exact) mass is 488 g/mol. The molecule has 33 heavy (non-hydrogen) atoms. The molecule has 0 radical (unpaired) electrons. The zero-order valence-corrected chi connectivity index (χ0v) is 18.9. The molecule has 4 rings (SSSR count). The maximum absolute atomic E-state index is 12.8. The quantitative estimate of drug-likeness (QED) is 0.302. The van der Waals surface area contributed by atoms with Crippen molar-refractivity contribution in [2.45, 2.75) is 18.4 Å². The van der Waals surface area contributed by atoms with Gasteiger partial charge in [-0.25, -0.2) is 13.4 Å². The minimum atomic E-state index is -3.37. The first-order valence-electron chi connectivity index (χ1n) is 9.36. The SMILES string of the molecule is Cc1onc(C(=O)Nc2nc3ccc(S(C)(=O)=O)cc3s2)c1COc1ccc([N+](=O)[O-])cc1. The number of sulfone groups is 1. The average molecular weight is 489 g/mol. The summed E-state index contributed by atoms with van der Waals surface area (Å²) >= 11 is 1.12. The molecule has 0 saturated heterocycles. The van der Waals surface area contributed by atoms with Crippen LogP contribution in [0.4, 0.5) is 10.8 Å². The number of nitro benzene ring substituents is 1. The van der Waals surface area contributed by atoms with E-state index >= 15 is 0 Å². The van der Waals surface area contributed by atoms with Crippen LogP contribution in [0, 0.1) is 17.0 Å². The Balaban J connectivity index is 1.50. The van der Waals surface area contributed by atoms with Gasteiger partial charge in [-0.15, -0.1) is 0 Å². The summed E-state index contributed by atoms with van der Waals surface area (Å²) in [6, 6.07) is 10.1. The van der Waals surface area contributed by atoms with Gasteiger partial charge in [-0.2, -0.15) is 0 Å². The Morgan fingerprint density at radius 1 is 1.24 bits per heavy atom. The number of rotatable bonds is 7. The summed E-state index contributed by atoms with van der Waals surface area (Å²) in [5.41, 5.74) is 0.889. The molecule has 0 aliphatic heterocycles. The fourth-order valence-electron chi connectivity index (χ4n) is 2.90. The van der Waals surface area contributed by atoms with Gasteiger partial charge in [-0.1, -0.05) is 16.5 Å². The van der Waals surface area contributed by atoms with Crippen molar-refractivity contribution < 1.29 is 27.4 Å². The third-order valence-electron chi connectivity index (χ3n) is 4.64. The Kier molecular flexibility index (Phi) is 5.82. The van der Waals surface area contributed by atoms with Gasteiger partial charge in [0.15, 0.2) is 20.7 Å². The molecular weight excluding hydrogens is 472 g/mol. The number of benzene rings is 2. The van der Waals surface area contributed by atoms with E-state index in [2.05, 4.69) is 15.5 Å². The number of non-ortho nitro benzene ring substituents is 1. The molecule has 1 N–H and O–H groups in total. The minimum Gasteiger partial charge on any atom is -0.489 e. The van der Waals surface area contributed by atoms with Crippen molar-refractivity contribution in [3.05, 3.63) is 69.6 Å². The Hall–Kier alpha value is -3.84. The van der Waals surface area contributed by atoms with Crippen LogP contribution in [0.3, 0.4) is 0 Å². The van der Waals surface area contributed by atoms with Crippen molar-refractivity contribution in [3.8, 4) is 5.75 Å². The van der Waals surface area contributed by atoms with Crippen molar-refractivity contribution in [2.24, 2.45) is 0 Å². The lowest BCUT2D eigenvalue weighted by Gasteiger charge is -2.06. The summed E-state index contributed by atoms with van der Waals surface area (Å²) < 4.78 is 34.9. The van der Waals surface area contributed by atoms with E-state index in [1.54, 1.807) is 13.0 Å². The van der Waals surface area contributed by atoms with Gasteiger partial charge < -0.3 is 9.26 Å². The number of anilines is 1. The molecule has 0 aliphatic rings. The van der Waals surface area contributed by atoms with E-state index in [9.17, 15) is 23.3 Å². The van der Waals surface area contributed by atoms with E-state index in [0.29, 0.717) is 27.3 Å². The molecule has 0 unspecified atom stereocenters. The third-order valence-corrected chi connectivity index (χ3v) is 6.68. The second kappa shape index (κ2) is 8.60. The van der Waals surface area contributed by atoms with Crippen LogP contribution in [0.5, 0.6) is 5.75 Å². The fraction of sp³-hybridized carbons (Fsp3) is 0.150. The number of carbonyl (C=O) groups is 1. The molecule has 0 aliphatic carbocycles. The van der Waals surface area contributed by atoms with Gasteiger partial charge in [0.25, 0.3) is 11.6 Å². The van der Waals surface area contributed by atoms with Crippen LogP contribution < -0.4 is 10.1 Å². The molecule has 11 nitrogen and oxygen atoms in total. The van der Waals surface area contributed by atoms with Gasteiger partial charge in [-0.3, -0.25) is 20.2 Å². The Morgan fingerprint density at radius 3 is 2.64 bits per heavy atom. The maximum Gasteiger partial charge on any atom is 0.280 e. The molecule has 170 valence electrons. The molecule has 2 aromatic heterocycles. The number of fused-ring (bicyclic) bond motifs is 1. The Bertz CT molecular complexity index is 1470. The second-order valence-electron chi connectivity index (χ2n) is 6.98. The number of hydrogen-bond donors (Lipinski definition) is 1. The molecule has 0 saturated carbocycles. The number of ether oxygens (including phenoxy) is 1. The van der Waals surface area contributed by atoms with E-state index in [-0.39, 0.29) is 28.0 Å². The number of nitrogens with one attached hydrogen (secondary N) is 1. The predicted molar refractivity (Wildman–Crippen MR) is 119 cm³/mol. The van der Waals surface area contributed by atoms with Crippen LogP contribution in [0.1, 0.15) is 21.8 Å². The van der Waals surface area contributed by atoms with Crippen molar-refractivity contribution in [2.75, 3.05) is 11.6 Å². The van der Waals surface area contributed by atoms with Crippen molar-refractivity contribution in [1.29, 1.82) is 0 Å². The molecule has 2 aromatic carbocycles. The minimum absolute atomic E-state index is 0.00509. The highest BCUT2D eigenvalue weighted by molar-refractivity contribution is 7.90. The van der Waals surface area contributed by atoms with Gasteiger partial charge in [0.2, 0.25) is 0 Å². The fourth-order valence-corrected chi connectivity index (χ4v) is 4.53. The van der Waals surface area contributed by atoms with Crippen LogP contribution in [-0.2, 0) is 16.4 Å². The average Bonchev–Trinajstić information content (AvgIpc) is 3.33. The summed E-state index contributed by atoms with van der Waals surface area (Å²) in [4.78, 5) is 27.5. The van der Waals surface area contributed by atoms with Gasteiger partial charge in [0.1, 0.15) is 18.1 Å². The van der Waals surface area contributed by atoms with Crippen molar-refractivity contribution in [1.82, 2.24) is 10.1 Å². The number of aryl methyl sites for hydroxylation is 1. The van der Waals surface area contributed by atoms with Crippen LogP contribution in [0.15, 0.2) is 51.9 Å². The normalized spacial score (nSPS) is 11.5. The first-order valence-corrected chi connectivity index (χ1v) is 12.1. The molecule has 4 aromatic rings. The highest BCUT2D eigenvalue weighted by Gasteiger charge is 2.22. The van der Waals surface area contributed by atoms with E-state index in [4.69, 9.17) is 9.26 Å². The molecule has 0 fully saturated rings. The van der Waals surface area contributed by atoms with Gasteiger partial charge in [0, 0.05) is 18.4 Å². The largest absolute Gasteiger partial charge is 0.489 e. The lowest BCUT2D eigenvalue weighted by molar-refractivity contribution is -0.384. The molecule has 0 spiro atoms. The number of amides is 1. The first kappa shape index (κ1) is 22.4. The second-order valence-corrected chi connectivity index (χ2v) is 10.0. The zero-order valence-electron chi connectivity index (χ0n) is 17.3. The number of hydrogen-bond acceptors (Lipinski definition) is 10. The first-order chi connectivity index (χ1) is 15.6. The number of nitro groups is 1. The van der Waals surface area contributed by atoms with Crippen LogP contribution >= 0.6 is 11.3 Å². The van der Waals surface area contributed by atoms with Crippen LogP contribution in [-0.4, -0.2) is 35.6 Å². The number of aromatic nitrogens is 2. The molecule has 13 heteroatoms. The van der Waals surface area contributed by atoms with E-state index in [0.717, 1.165) is 17.6 Å². The lowest BCUT2D eigenvalue weighted by Crippen LogP contribution is -2.15. The molecule has 2 heterocycles. The summed E-state index contributed by atoms with van der Waals surface area (Å²) in [6.45, 7) is 1.58. The van der Waals surface area contributed by atoms with E-state index in [1.807, 2.05) is 0 Å². The Labute approximate surface area is 191 Å². The van der Waals surface area contributed by atoms with Crippen molar-refractivity contribution in [3.63, 3.8) is 0 Å². The molecular formula is C20H16N4O7S2. The highest BCUT2D eigenvalue weighted by Crippen LogP contribution is 2.29. The van der Waals surface area contributed by atoms with E-state index < -0.39 is 20.7 Å². The topological polar surface area (TPSA) is 155 Å². The molecule has 1 amide bonds. The molecule has 0 atom stereocenters. The van der Waals surface area contributed by atoms with Crippen LogP contribution in [0.2, 0.25) is 0 Å². The molecule has 0 bridgehead atoms. The number of carbonyl (C=O) groups excluding carboxylic acids is 1.